The van der Waals surface area contributed by atoms with E-state index in [9.17, 15) is 18.3 Å². The number of aliphatic carboxylic acids is 1. The number of sulfonamides is 1. The molecule has 0 aromatic rings. The van der Waals surface area contributed by atoms with Crippen LogP contribution in [0, 0.1) is 0 Å². The fourth-order valence-electron chi connectivity index (χ4n) is 2.29. The van der Waals surface area contributed by atoms with Crippen LogP contribution in [0.15, 0.2) is 0 Å². The van der Waals surface area contributed by atoms with Crippen LogP contribution in [0.4, 0.5) is 0 Å². The zero-order chi connectivity index (χ0) is 12.4. The molecule has 0 aromatic carbocycles. The first kappa shape index (κ1) is 13.4. The molecular weight excluding hydrogens is 232 g/mol. The van der Waals surface area contributed by atoms with E-state index in [2.05, 4.69) is 0 Å². The van der Waals surface area contributed by atoms with E-state index in [1.54, 1.807) is 4.90 Å². The Bertz CT molecular complexity index is 368. The third-order valence-electron chi connectivity index (χ3n) is 3.25. The van der Waals surface area contributed by atoms with E-state index >= 15 is 0 Å². The van der Waals surface area contributed by atoms with E-state index in [0.717, 1.165) is 6.42 Å². The lowest BCUT2D eigenvalue weighted by Gasteiger charge is -2.33. The first-order chi connectivity index (χ1) is 7.32. The molecule has 3 N–H and O–H groups in total. The summed E-state index contributed by atoms with van der Waals surface area (Å²) in [7, 11) is -3.53. The van der Waals surface area contributed by atoms with Crippen LogP contribution < -0.4 is 5.14 Å². The number of carboxylic acid groups (broad SMARTS) is 1. The number of carboxylic acids is 1. The van der Waals surface area contributed by atoms with Crippen LogP contribution in [0.2, 0.25) is 0 Å². The van der Waals surface area contributed by atoms with Crippen molar-refractivity contribution in [3.05, 3.63) is 0 Å². The SMILES string of the molecule is CCC1(C(=O)O)CCCN1CCS(N)(=O)=O. The molecule has 1 saturated heterocycles. The molecule has 0 radical (unpaired) electrons. The second kappa shape index (κ2) is 4.68. The Morgan fingerprint density at radius 2 is 2.19 bits per heavy atom. The number of likely N-dealkylation sites (tertiary alicyclic amines) is 1. The van der Waals surface area contributed by atoms with Gasteiger partial charge in [0.05, 0.1) is 5.75 Å². The summed E-state index contributed by atoms with van der Waals surface area (Å²) in [6.45, 7) is 2.62. The number of carbonyl (C=O) groups is 1. The molecule has 1 fully saturated rings. The summed E-state index contributed by atoms with van der Waals surface area (Å²) in [5.41, 5.74) is -0.898. The molecule has 1 rings (SSSR count). The van der Waals surface area contributed by atoms with Crippen molar-refractivity contribution in [3.63, 3.8) is 0 Å². The van der Waals surface area contributed by atoms with Crippen LogP contribution in [0.5, 0.6) is 0 Å². The van der Waals surface area contributed by atoms with Crippen LogP contribution in [-0.2, 0) is 14.8 Å². The standard InChI is InChI=1S/C9H18N2O4S/c1-2-9(8(12)13)4-3-5-11(9)6-7-16(10,14)15/h2-7H2,1H3,(H,12,13)(H2,10,14,15). The highest BCUT2D eigenvalue weighted by Gasteiger charge is 2.45. The summed E-state index contributed by atoms with van der Waals surface area (Å²) in [6, 6.07) is 0. The van der Waals surface area contributed by atoms with E-state index in [1.165, 1.54) is 0 Å². The molecule has 1 unspecified atom stereocenters. The first-order valence-corrected chi connectivity index (χ1v) is 7.02. The quantitative estimate of drug-likeness (QED) is 0.691. The van der Waals surface area contributed by atoms with E-state index in [0.29, 0.717) is 19.4 Å². The second-order valence-electron chi connectivity index (χ2n) is 4.15. The van der Waals surface area contributed by atoms with Gasteiger partial charge in [0.15, 0.2) is 0 Å². The van der Waals surface area contributed by atoms with Gasteiger partial charge >= 0.3 is 5.97 Å². The molecule has 0 aromatic heterocycles. The molecule has 1 atom stereocenters. The van der Waals surface area contributed by atoms with E-state index < -0.39 is 21.5 Å². The van der Waals surface area contributed by atoms with Crippen molar-refractivity contribution in [3.8, 4) is 0 Å². The number of hydrogen-bond acceptors (Lipinski definition) is 4. The molecule has 0 spiro atoms. The van der Waals surface area contributed by atoms with Gasteiger partial charge in [0.2, 0.25) is 10.0 Å². The van der Waals surface area contributed by atoms with Crippen molar-refractivity contribution in [2.75, 3.05) is 18.8 Å². The Balaban J connectivity index is 2.75. The molecule has 1 aliphatic heterocycles. The minimum absolute atomic E-state index is 0.192. The van der Waals surface area contributed by atoms with Crippen molar-refractivity contribution in [1.82, 2.24) is 4.90 Å². The summed E-state index contributed by atoms with van der Waals surface area (Å²) < 4.78 is 21.7. The van der Waals surface area contributed by atoms with Gasteiger partial charge in [-0.15, -0.1) is 0 Å². The highest BCUT2D eigenvalue weighted by atomic mass is 32.2. The predicted octanol–water partition coefficient (Wildman–Crippen LogP) is -0.396. The van der Waals surface area contributed by atoms with Crippen LogP contribution in [0.25, 0.3) is 0 Å². The molecule has 1 heterocycles. The van der Waals surface area contributed by atoms with Crippen LogP contribution in [-0.4, -0.2) is 48.8 Å². The van der Waals surface area contributed by atoms with Gasteiger partial charge in [-0.3, -0.25) is 9.69 Å². The third kappa shape index (κ3) is 2.72. The average Bonchev–Trinajstić information content (AvgIpc) is 2.57. The zero-order valence-corrected chi connectivity index (χ0v) is 10.2. The smallest absolute Gasteiger partial charge is 0.324 e. The van der Waals surface area contributed by atoms with Crippen molar-refractivity contribution in [2.24, 2.45) is 5.14 Å². The van der Waals surface area contributed by atoms with Gasteiger partial charge in [-0.1, -0.05) is 6.92 Å². The highest BCUT2D eigenvalue weighted by Crippen LogP contribution is 2.32. The number of rotatable bonds is 5. The van der Waals surface area contributed by atoms with E-state index in [1.807, 2.05) is 6.92 Å². The minimum Gasteiger partial charge on any atom is -0.480 e. The third-order valence-corrected chi connectivity index (χ3v) is 4.00. The largest absolute Gasteiger partial charge is 0.480 e. The molecule has 6 nitrogen and oxygen atoms in total. The molecule has 0 amide bonds. The van der Waals surface area contributed by atoms with E-state index in [4.69, 9.17) is 5.14 Å². The van der Waals surface area contributed by atoms with Gasteiger partial charge in [-0.25, -0.2) is 13.6 Å². The van der Waals surface area contributed by atoms with Gasteiger partial charge in [-0.05, 0) is 25.8 Å². The normalized spacial score (nSPS) is 27.1. The number of nitrogens with two attached hydrogens (primary N) is 1. The van der Waals surface area contributed by atoms with Gasteiger partial charge in [-0.2, -0.15) is 0 Å². The second-order valence-corrected chi connectivity index (χ2v) is 5.88. The maximum Gasteiger partial charge on any atom is 0.324 e. The molecule has 0 saturated carbocycles. The zero-order valence-electron chi connectivity index (χ0n) is 9.35. The lowest BCUT2D eigenvalue weighted by molar-refractivity contribution is -0.149. The van der Waals surface area contributed by atoms with Crippen molar-refractivity contribution in [1.29, 1.82) is 0 Å². The lowest BCUT2D eigenvalue weighted by atomic mass is 9.93. The van der Waals surface area contributed by atoms with Gasteiger partial charge in [0.1, 0.15) is 5.54 Å². The van der Waals surface area contributed by atoms with Crippen molar-refractivity contribution in [2.45, 2.75) is 31.7 Å². The molecule has 0 bridgehead atoms. The Hall–Kier alpha value is -0.660. The molecule has 1 aliphatic rings. The topological polar surface area (TPSA) is 101 Å². The monoisotopic (exact) mass is 250 g/mol. The number of hydrogen-bond donors (Lipinski definition) is 2. The maximum atomic E-state index is 11.3. The fraction of sp³-hybridized carbons (Fsp3) is 0.889. The van der Waals surface area contributed by atoms with Crippen molar-refractivity contribution >= 4 is 16.0 Å². The van der Waals surface area contributed by atoms with Crippen LogP contribution in [0.1, 0.15) is 26.2 Å². The van der Waals surface area contributed by atoms with E-state index in [-0.39, 0.29) is 12.3 Å². The molecule has 16 heavy (non-hydrogen) atoms. The lowest BCUT2D eigenvalue weighted by Crippen LogP contribution is -2.51. The molecule has 94 valence electrons. The van der Waals surface area contributed by atoms with Gasteiger partial charge < -0.3 is 5.11 Å². The average molecular weight is 250 g/mol. The van der Waals surface area contributed by atoms with Crippen LogP contribution in [0.3, 0.4) is 0 Å². The first-order valence-electron chi connectivity index (χ1n) is 5.31. The highest BCUT2D eigenvalue weighted by molar-refractivity contribution is 7.89. The summed E-state index contributed by atoms with van der Waals surface area (Å²) >= 11 is 0. The number of nitrogens with zero attached hydrogens (tertiary/aromatic N) is 1. The molecule has 7 heteroatoms. The maximum absolute atomic E-state index is 11.3. The Kier molecular flexibility index (Phi) is 3.92. The molecular formula is C9H18N2O4S. The summed E-state index contributed by atoms with van der Waals surface area (Å²) in [4.78, 5) is 13.0. The summed E-state index contributed by atoms with van der Waals surface area (Å²) in [5, 5.41) is 14.2. The van der Waals surface area contributed by atoms with Gasteiger partial charge in [0, 0.05) is 6.54 Å². The predicted molar refractivity (Wildman–Crippen MR) is 59.4 cm³/mol. The fourth-order valence-corrected chi connectivity index (χ4v) is 2.77. The van der Waals surface area contributed by atoms with Gasteiger partial charge in [0.25, 0.3) is 0 Å². The minimum atomic E-state index is -3.53. The number of primary sulfonamides is 1. The Morgan fingerprint density at radius 3 is 2.62 bits per heavy atom. The summed E-state index contributed by atoms with van der Waals surface area (Å²) in [5.74, 6) is -1.07. The Labute approximate surface area is 95.5 Å². The molecule has 0 aliphatic carbocycles. The van der Waals surface area contributed by atoms with Crippen molar-refractivity contribution < 1.29 is 18.3 Å². The summed E-state index contributed by atoms with van der Waals surface area (Å²) in [6.07, 6.45) is 1.83. The Morgan fingerprint density at radius 1 is 1.56 bits per heavy atom. The van der Waals surface area contributed by atoms with Crippen LogP contribution >= 0.6 is 0 Å².